The van der Waals surface area contributed by atoms with Gasteiger partial charge in [0.2, 0.25) is 11.9 Å². The highest BCUT2D eigenvalue weighted by Gasteiger charge is 2.35. The van der Waals surface area contributed by atoms with E-state index in [0.717, 1.165) is 6.07 Å². The highest BCUT2D eigenvalue weighted by Crippen LogP contribution is 2.37. The van der Waals surface area contributed by atoms with Gasteiger partial charge in [-0.05, 0) is 30.3 Å². The Morgan fingerprint density at radius 2 is 1.76 bits per heavy atom. The summed E-state index contributed by atoms with van der Waals surface area (Å²) in [7, 11) is 0. The van der Waals surface area contributed by atoms with Gasteiger partial charge in [-0.2, -0.15) is 13.2 Å². The van der Waals surface area contributed by atoms with Crippen molar-refractivity contribution in [2.24, 2.45) is 0 Å². The number of nitrogens with one attached hydrogen (secondary N) is 1. The van der Waals surface area contributed by atoms with E-state index < -0.39 is 35.4 Å². The number of hydrogen-bond donors (Lipinski definition) is 1. The van der Waals surface area contributed by atoms with Gasteiger partial charge in [0.25, 0.3) is 5.91 Å². The van der Waals surface area contributed by atoms with Crippen LogP contribution in [0.2, 0.25) is 5.02 Å². The highest BCUT2D eigenvalue weighted by molar-refractivity contribution is 6.30. The number of carbonyl (C=O) groups is 2. The average molecular weight is 424 g/mol. The molecule has 150 valence electrons. The zero-order valence-electron chi connectivity index (χ0n) is 14.6. The number of anilines is 1. The van der Waals surface area contributed by atoms with Gasteiger partial charge in [0.1, 0.15) is 0 Å². The van der Waals surface area contributed by atoms with Gasteiger partial charge in [-0.25, -0.2) is 4.79 Å². The van der Waals surface area contributed by atoms with Crippen molar-refractivity contribution in [3.05, 3.63) is 88.8 Å². The summed E-state index contributed by atoms with van der Waals surface area (Å²) in [6.45, 7) is 0. The van der Waals surface area contributed by atoms with Gasteiger partial charge < -0.3 is 14.5 Å². The molecule has 0 saturated heterocycles. The maximum absolute atomic E-state index is 13.3. The molecule has 1 N–H and O–H groups in total. The lowest BCUT2D eigenvalue weighted by atomic mass is 10.1. The van der Waals surface area contributed by atoms with Crippen molar-refractivity contribution in [2.75, 3.05) is 5.32 Å². The first-order valence-corrected chi connectivity index (χ1v) is 8.60. The molecule has 1 unspecified atom stereocenters. The Morgan fingerprint density at radius 1 is 1.03 bits per heavy atom. The van der Waals surface area contributed by atoms with E-state index in [0.29, 0.717) is 6.07 Å². The van der Waals surface area contributed by atoms with E-state index in [1.54, 1.807) is 18.2 Å². The summed E-state index contributed by atoms with van der Waals surface area (Å²) in [5.41, 5.74) is -1.36. The van der Waals surface area contributed by atoms with Crippen LogP contribution in [0.15, 0.2) is 71.3 Å². The van der Waals surface area contributed by atoms with Crippen molar-refractivity contribution in [3.63, 3.8) is 0 Å². The maximum Gasteiger partial charge on any atom is 0.418 e. The number of halogens is 4. The Hall–Kier alpha value is -3.26. The predicted molar refractivity (Wildman–Crippen MR) is 98.4 cm³/mol. The van der Waals surface area contributed by atoms with Crippen molar-refractivity contribution < 1.29 is 31.9 Å². The van der Waals surface area contributed by atoms with Gasteiger partial charge in [-0.3, -0.25) is 4.79 Å². The second kappa shape index (κ2) is 8.40. The van der Waals surface area contributed by atoms with Crippen LogP contribution >= 0.6 is 11.6 Å². The largest absolute Gasteiger partial charge is 0.457 e. The summed E-state index contributed by atoms with van der Waals surface area (Å²) in [6.07, 6.45) is -5.01. The predicted octanol–water partition coefficient (Wildman–Crippen LogP) is 5.49. The number of rotatable bonds is 5. The van der Waals surface area contributed by atoms with Crippen LogP contribution in [0.1, 0.15) is 27.8 Å². The van der Waals surface area contributed by atoms with E-state index >= 15 is 0 Å². The van der Waals surface area contributed by atoms with Crippen LogP contribution in [0.4, 0.5) is 18.9 Å². The number of furan rings is 1. The molecule has 0 radical (unpaired) electrons. The molecule has 0 aliphatic carbocycles. The molecule has 0 saturated carbocycles. The van der Waals surface area contributed by atoms with E-state index in [1.807, 2.05) is 0 Å². The molecule has 0 aliphatic rings. The minimum absolute atomic E-state index is 0.140. The SMILES string of the molecule is O=C(OC(C(=O)Nc1ccc(Cl)cc1C(F)(F)F)c1ccccc1)c1ccco1. The maximum atomic E-state index is 13.3. The number of alkyl halides is 3. The number of hydrogen-bond acceptors (Lipinski definition) is 4. The first-order valence-electron chi connectivity index (χ1n) is 8.23. The van der Waals surface area contributed by atoms with Crippen molar-refractivity contribution in [3.8, 4) is 0 Å². The van der Waals surface area contributed by atoms with Gasteiger partial charge in [-0.1, -0.05) is 41.9 Å². The van der Waals surface area contributed by atoms with Crippen molar-refractivity contribution >= 4 is 29.2 Å². The molecular formula is C20H13ClF3NO4. The normalized spacial score (nSPS) is 12.3. The summed E-state index contributed by atoms with van der Waals surface area (Å²) < 4.78 is 50.0. The Morgan fingerprint density at radius 3 is 2.38 bits per heavy atom. The van der Waals surface area contributed by atoms with Gasteiger partial charge in [-0.15, -0.1) is 0 Å². The molecule has 3 aromatic rings. The monoisotopic (exact) mass is 423 g/mol. The van der Waals surface area contributed by atoms with E-state index in [1.165, 1.54) is 36.6 Å². The van der Waals surface area contributed by atoms with E-state index in [4.69, 9.17) is 20.8 Å². The summed E-state index contributed by atoms with van der Waals surface area (Å²) in [4.78, 5) is 25.0. The molecule has 1 aromatic heterocycles. The van der Waals surface area contributed by atoms with E-state index in [9.17, 15) is 22.8 Å². The van der Waals surface area contributed by atoms with E-state index in [-0.39, 0.29) is 16.3 Å². The lowest BCUT2D eigenvalue weighted by Crippen LogP contribution is -2.27. The molecule has 5 nitrogen and oxygen atoms in total. The molecule has 3 rings (SSSR count). The average Bonchev–Trinajstić information content (AvgIpc) is 3.22. The number of amides is 1. The third-order valence-electron chi connectivity index (χ3n) is 3.83. The third kappa shape index (κ3) is 4.97. The molecule has 0 spiro atoms. The Balaban J connectivity index is 1.91. The van der Waals surface area contributed by atoms with Crippen LogP contribution in [0, 0.1) is 0 Å². The zero-order valence-corrected chi connectivity index (χ0v) is 15.3. The number of esters is 1. The highest BCUT2D eigenvalue weighted by atomic mass is 35.5. The van der Waals surface area contributed by atoms with Crippen LogP contribution in [0.5, 0.6) is 0 Å². The molecular weight excluding hydrogens is 411 g/mol. The van der Waals surface area contributed by atoms with E-state index in [2.05, 4.69) is 5.32 Å². The van der Waals surface area contributed by atoms with Crippen LogP contribution in [0.25, 0.3) is 0 Å². The first-order chi connectivity index (χ1) is 13.8. The minimum atomic E-state index is -4.75. The summed E-state index contributed by atoms with van der Waals surface area (Å²) >= 11 is 5.65. The quantitative estimate of drug-likeness (QED) is 0.551. The summed E-state index contributed by atoms with van der Waals surface area (Å²) in [5.74, 6) is -2.06. The topological polar surface area (TPSA) is 68.5 Å². The van der Waals surface area contributed by atoms with Crippen LogP contribution in [-0.2, 0) is 15.7 Å². The molecule has 0 fully saturated rings. The van der Waals surface area contributed by atoms with Crippen LogP contribution < -0.4 is 5.32 Å². The van der Waals surface area contributed by atoms with Gasteiger partial charge in [0.15, 0.2) is 0 Å². The zero-order chi connectivity index (χ0) is 21.0. The van der Waals surface area contributed by atoms with Gasteiger partial charge in [0.05, 0.1) is 17.5 Å². The van der Waals surface area contributed by atoms with Crippen molar-refractivity contribution in [1.82, 2.24) is 0 Å². The number of benzene rings is 2. The first kappa shape index (κ1) is 20.5. The molecule has 1 atom stereocenters. The smallest absolute Gasteiger partial charge is 0.418 e. The Kier molecular flexibility index (Phi) is 5.93. The van der Waals surface area contributed by atoms with Crippen LogP contribution in [-0.4, -0.2) is 11.9 Å². The summed E-state index contributed by atoms with van der Waals surface area (Å²) in [6, 6.07) is 13.6. The molecule has 0 aliphatic heterocycles. The molecule has 1 heterocycles. The molecule has 1 amide bonds. The second-order valence-electron chi connectivity index (χ2n) is 5.85. The minimum Gasteiger partial charge on any atom is -0.457 e. The third-order valence-corrected chi connectivity index (χ3v) is 4.07. The second-order valence-corrected chi connectivity index (χ2v) is 6.29. The summed E-state index contributed by atoms with van der Waals surface area (Å²) in [5, 5.41) is 2.03. The van der Waals surface area contributed by atoms with Gasteiger partial charge in [0, 0.05) is 10.6 Å². The van der Waals surface area contributed by atoms with Gasteiger partial charge >= 0.3 is 12.1 Å². The molecule has 29 heavy (non-hydrogen) atoms. The van der Waals surface area contributed by atoms with Crippen LogP contribution in [0.3, 0.4) is 0 Å². The molecule has 0 bridgehead atoms. The lowest BCUT2D eigenvalue weighted by molar-refractivity contribution is -0.137. The van der Waals surface area contributed by atoms with Crippen molar-refractivity contribution in [2.45, 2.75) is 12.3 Å². The fourth-order valence-corrected chi connectivity index (χ4v) is 2.69. The standard InChI is InChI=1S/C20H13ClF3NO4/c21-13-8-9-15(14(11-13)20(22,23)24)25-18(26)17(12-5-2-1-3-6-12)29-19(27)16-7-4-10-28-16/h1-11,17H,(H,25,26). The lowest BCUT2D eigenvalue weighted by Gasteiger charge is -2.19. The fourth-order valence-electron chi connectivity index (χ4n) is 2.52. The van der Waals surface area contributed by atoms with Crippen molar-refractivity contribution in [1.29, 1.82) is 0 Å². The molecule has 2 aromatic carbocycles. The number of carbonyl (C=O) groups excluding carboxylic acids is 2. The Bertz CT molecular complexity index is 1000. The fraction of sp³-hybridized carbons (Fsp3) is 0.100. The number of ether oxygens (including phenoxy) is 1. The Labute approximate surface area is 168 Å². The molecule has 9 heteroatoms.